The fourth-order valence-electron chi connectivity index (χ4n) is 2.63. The molecule has 1 aromatic heterocycles. The number of hydroxylamine groups is 2. The van der Waals surface area contributed by atoms with Crippen LogP contribution in [0.2, 0.25) is 0 Å². The van der Waals surface area contributed by atoms with Crippen LogP contribution in [0.3, 0.4) is 0 Å². The quantitative estimate of drug-likeness (QED) is 0.593. The smallest absolute Gasteiger partial charge is 0.305 e. The summed E-state index contributed by atoms with van der Waals surface area (Å²) in [5.41, 5.74) is 4.25. The third-order valence-corrected chi connectivity index (χ3v) is 4.17. The molecule has 0 aliphatic heterocycles. The maximum Gasteiger partial charge on any atom is 0.305 e. The van der Waals surface area contributed by atoms with Crippen molar-refractivity contribution in [3.8, 4) is 5.69 Å². The Labute approximate surface area is 147 Å². The second-order valence-corrected chi connectivity index (χ2v) is 5.67. The normalized spacial score (nSPS) is 10.6. The minimum atomic E-state index is -0.239. The number of methoxy groups -OCH3 is 1. The maximum atomic E-state index is 12.1. The van der Waals surface area contributed by atoms with Crippen LogP contribution < -0.4 is 0 Å². The van der Waals surface area contributed by atoms with Crippen LogP contribution in [0.5, 0.6) is 0 Å². The van der Waals surface area contributed by atoms with Gasteiger partial charge in [-0.3, -0.25) is 14.4 Å². The average molecular weight is 345 g/mol. The highest BCUT2D eigenvalue weighted by atomic mass is 16.7. The second kappa shape index (κ2) is 7.94. The monoisotopic (exact) mass is 345 g/mol. The van der Waals surface area contributed by atoms with Crippen molar-refractivity contribution in [2.24, 2.45) is 0 Å². The Morgan fingerprint density at radius 2 is 1.80 bits per heavy atom. The second-order valence-electron chi connectivity index (χ2n) is 5.67. The molecule has 0 N–H and O–H groups in total. The molecule has 0 atom stereocenters. The zero-order valence-electron chi connectivity index (χ0n) is 15.2. The van der Waals surface area contributed by atoms with E-state index in [2.05, 4.69) is 5.10 Å². The van der Waals surface area contributed by atoms with Crippen LogP contribution in [0.1, 0.15) is 33.7 Å². The van der Waals surface area contributed by atoms with Crippen molar-refractivity contribution >= 4 is 11.9 Å². The average Bonchev–Trinajstić information content (AvgIpc) is 2.92. The molecule has 0 unspecified atom stereocenters. The van der Waals surface area contributed by atoms with E-state index in [0.717, 1.165) is 22.6 Å². The van der Waals surface area contributed by atoms with Crippen molar-refractivity contribution in [3.05, 3.63) is 46.8 Å². The van der Waals surface area contributed by atoms with Gasteiger partial charge in [0.1, 0.15) is 0 Å². The summed E-state index contributed by atoms with van der Waals surface area (Å²) in [6.45, 7) is 3.88. The van der Waals surface area contributed by atoms with Crippen molar-refractivity contribution in [1.82, 2.24) is 14.8 Å². The Kier molecular flexibility index (Phi) is 5.93. The van der Waals surface area contributed by atoms with Crippen molar-refractivity contribution in [2.45, 2.75) is 26.7 Å². The zero-order chi connectivity index (χ0) is 18.6. The minimum Gasteiger partial charge on any atom is -0.469 e. The lowest BCUT2D eigenvalue weighted by molar-refractivity contribution is -0.140. The first-order chi connectivity index (χ1) is 11.9. The standard InChI is InChI=1S/C18H23N3O4/c1-12-16(10-11-17(22)24-4)13(2)21(19-12)15-8-6-14(7-9-15)18(23)20(3)25-5/h6-9H,10-11H2,1-5H3. The van der Waals surface area contributed by atoms with Gasteiger partial charge in [-0.15, -0.1) is 0 Å². The first kappa shape index (κ1) is 18.7. The topological polar surface area (TPSA) is 73.7 Å². The molecule has 0 bridgehead atoms. The minimum absolute atomic E-state index is 0.221. The first-order valence-electron chi connectivity index (χ1n) is 7.93. The van der Waals surface area contributed by atoms with E-state index in [-0.39, 0.29) is 11.9 Å². The van der Waals surface area contributed by atoms with Crippen LogP contribution in [0.25, 0.3) is 5.69 Å². The molecule has 1 heterocycles. The molecular weight excluding hydrogens is 322 g/mol. The first-order valence-corrected chi connectivity index (χ1v) is 7.93. The number of hydrogen-bond donors (Lipinski definition) is 0. The Hall–Kier alpha value is -2.67. The maximum absolute atomic E-state index is 12.1. The number of aryl methyl sites for hydroxylation is 1. The van der Waals surface area contributed by atoms with Crippen molar-refractivity contribution in [3.63, 3.8) is 0 Å². The molecule has 2 rings (SSSR count). The SMILES string of the molecule is COC(=O)CCc1c(C)nn(-c2ccc(C(=O)N(C)OC)cc2)c1C. The van der Waals surface area contributed by atoms with Crippen molar-refractivity contribution in [2.75, 3.05) is 21.3 Å². The summed E-state index contributed by atoms with van der Waals surface area (Å²) < 4.78 is 6.51. The van der Waals surface area contributed by atoms with Crippen LogP contribution in [-0.2, 0) is 20.8 Å². The van der Waals surface area contributed by atoms with Crippen LogP contribution in [0.15, 0.2) is 24.3 Å². The summed E-state index contributed by atoms with van der Waals surface area (Å²) >= 11 is 0. The molecule has 0 radical (unpaired) electrons. The third-order valence-electron chi connectivity index (χ3n) is 4.17. The van der Waals surface area contributed by atoms with Gasteiger partial charge in [0.2, 0.25) is 0 Å². The summed E-state index contributed by atoms with van der Waals surface area (Å²) in [5, 5.41) is 5.72. The lowest BCUT2D eigenvalue weighted by atomic mass is 10.1. The molecule has 0 saturated heterocycles. The number of carbonyl (C=O) groups is 2. The summed E-state index contributed by atoms with van der Waals surface area (Å²) in [7, 11) is 4.39. The van der Waals surface area contributed by atoms with Gasteiger partial charge in [-0.2, -0.15) is 5.10 Å². The summed E-state index contributed by atoms with van der Waals surface area (Å²) in [6.07, 6.45) is 0.903. The Bertz CT molecular complexity index is 765. The molecule has 0 aliphatic rings. The Morgan fingerprint density at radius 1 is 1.16 bits per heavy atom. The van der Waals surface area contributed by atoms with Gasteiger partial charge in [-0.25, -0.2) is 9.75 Å². The lowest BCUT2D eigenvalue weighted by Gasteiger charge is -2.14. The highest BCUT2D eigenvalue weighted by molar-refractivity contribution is 5.93. The molecule has 2 aromatic rings. The number of nitrogens with zero attached hydrogens (tertiary/aromatic N) is 3. The molecule has 25 heavy (non-hydrogen) atoms. The number of aromatic nitrogens is 2. The molecule has 1 aromatic carbocycles. The number of benzene rings is 1. The molecular formula is C18H23N3O4. The van der Waals surface area contributed by atoms with Gasteiger partial charge in [0.05, 0.1) is 25.6 Å². The van der Waals surface area contributed by atoms with Crippen LogP contribution in [0.4, 0.5) is 0 Å². The van der Waals surface area contributed by atoms with Crippen LogP contribution in [-0.4, -0.2) is 48.0 Å². The van der Waals surface area contributed by atoms with Gasteiger partial charge < -0.3 is 4.74 Å². The molecule has 0 saturated carbocycles. The number of rotatable bonds is 6. The number of ether oxygens (including phenoxy) is 1. The highest BCUT2D eigenvalue weighted by Crippen LogP contribution is 2.20. The van der Waals surface area contributed by atoms with E-state index in [0.29, 0.717) is 18.4 Å². The number of carbonyl (C=O) groups excluding carboxylic acids is 2. The van der Waals surface area contributed by atoms with E-state index < -0.39 is 0 Å². The van der Waals surface area contributed by atoms with Gasteiger partial charge >= 0.3 is 5.97 Å². The summed E-state index contributed by atoms with van der Waals surface area (Å²) in [5.74, 6) is -0.460. The molecule has 0 aliphatic carbocycles. The predicted octanol–water partition coefficient (Wildman–Crippen LogP) is 2.23. The van der Waals surface area contributed by atoms with Gasteiger partial charge in [0, 0.05) is 24.7 Å². The fraction of sp³-hybridized carbons (Fsp3) is 0.389. The Balaban J connectivity index is 2.24. The molecule has 0 spiro atoms. The van der Waals surface area contributed by atoms with E-state index in [1.54, 1.807) is 19.2 Å². The molecule has 1 amide bonds. The van der Waals surface area contributed by atoms with Crippen LogP contribution >= 0.6 is 0 Å². The molecule has 0 fully saturated rings. The van der Waals surface area contributed by atoms with Gasteiger partial charge in [0.25, 0.3) is 5.91 Å². The predicted molar refractivity (Wildman–Crippen MR) is 92.5 cm³/mol. The van der Waals surface area contributed by atoms with Gasteiger partial charge in [-0.1, -0.05) is 0 Å². The molecule has 134 valence electrons. The fourth-order valence-corrected chi connectivity index (χ4v) is 2.63. The lowest BCUT2D eigenvalue weighted by Crippen LogP contribution is -2.25. The number of amides is 1. The van der Waals surface area contributed by atoms with Gasteiger partial charge in [0.15, 0.2) is 0 Å². The van der Waals surface area contributed by atoms with E-state index in [9.17, 15) is 9.59 Å². The summed E-state index contributed by atoms with van der Waals surface area (Å²) in [4.78, 5) is 28.3. The van der Waals surface area contributed by atoms with E-state index in [1.807, 2.05) is 30.7 Å². The van der Waals surface area contributed by atoms with Crippen molar-refractivity contribution < 1.29 is 19.2 Å². The molecule has 7 heteroatoms. The van der Waals surface area contributed by atoms with E-state index >= 15 is 0 Å². The van der Waals surface area contributed by atoms with E-state index in [1.165, 1.54) is 19.3 Å². The van der Waals surface area contributed by atoms with Gasteiger partial charge in [-0.05, 0) is 50.1 Å². The van der Waals surface area contributed by atoms with Crippen molar-refractivity contribution in [1.29, 1.82) is 0 Å². The number of esters is 1. The zero-order valence-corrected chi connectivity index (χ0v) is 15.2. The van der Waals surface area contributed by atoms with Crippen LogP contribution in [0, 0.1) is 13.8 Å². The largest absolute Gasteiger partial charge is 0.469 e. The van der Waals surface area contributed by atoms with E-state index in [4.69, 9.17) is 9.57 Å². The number of hydrogen-bond acceptors (Lipinski definition) is 5. The Morgan fingerprint density at radius 3 is 2.36 bits per heavy atom. The summed E-state index contributed by atoms with van der Waals surface area (Å²) in [6, 6.07) is 7.13. The third kappa shape index (κ3) is 4.06. The highest BCUT2D eigenvalue weighted by Gasteiger charge is 2.15. The molecule has 7 nitrogen and oxygen atoms in total.